The fraction of sp³-hybridized carbons (Fsp3) is 0.500. The largest absolute Gasteiger partial charge is 0.416 e. The summed E-state index contributed by atoms with van der Waals surface area (Å²) in [5, 5.41) is 12.5. The van der Waals surface area contributed by atoms with Crippen LogP contribution in [0, 0.1) is 5.41 Å². The standard InChI is InChI=1S/C20H21F3N2O2S/c21-20(22,23)14-6-4-13(5-7-14)17-24-15(11-28-17)18(27)25-10-2-9-19(12-25)8-1-3-16(19)26/h4-7,11,16,26H,1-3,8-10,12H2/t16-,19+/m1/s1. The first-order chi connectivity index (χ1) is 13.3. The van der Waals surface area contributed by atoms with Crippen LogP contribution < -0.4 is 0 Å². The Labute approximate surface area is 165 Å². The molecule has 2 aromatic rings. The number of piperidine rings is 1. The summed E-state index contributed by atoms with van der Waals surface area (Å²) in [6, 6.07) is 4.80. The molecule has 0 bridgehead atoms. The van der Waals surface area contributed by atoms with Gasteiger partial charge in [0.15, 0.2) is 0 Å². The number of amides is 1. The second-order valence-electron chi connectivity index (χ2n) is 7.71. The molecule has 0 unspecified atom stereocenters. The summed E-state index contributed by atoms with van der Waals surface area (Å²) in [4.78, 5) is 19.0. The fourth-order valence-corrected chi connectivity index (χ4v) is 5.20. The van der Waals surface area contributed by atoms with Crippen LogP contribution in [0.15, 0.2) is 29.6 Å². The van der Waals surface area contributed by atoms with E-state index in [1.807, 2.05) is 0 Å². The molecule has 1 spiro atoms. The van der Waals surface area contributed by atoms with Crippen molar-refractivity contribution in [1.82, 2.24) is 9.88 Å². The van der Waals surface area contributed by atoms with E-state index >= 15 is 0 Å². The van der Waals surface area contributed by atoms with Crippen LogP contribution in [0.2, 0.25) is 0 Å². The average Bonchev–Trinajstić information content (AvgIpc) is 3.29. The van der Waals surface area contributed by atoms with Gasteiger partial charge in [-0.1, -0.05) is 18.6 Å². The molecule has 1 N–H and O–H groups in total. The van der Waals surface area contributed by atoms with Crippen molar-refractivity contribution < 1.29 is 23.1 Å². The van der Waals surface area contributed by atoms with Crippen molar-refractivity contribution in [2.45, 2.75) is 44.4 Å². The number of halogens is 3. The van der Waals surface area contributed by atoms with Gasteiger partial charge in [0.05, 0.1) is 11.7 Å². The normalized spacial score (nSPS) is 25.4. The number of hydrogen-bond donors (Lipinski definition) is 1. The minimum absolute atomic E-state index is 0.174. The molecule has 1 saturated carbocycles. The lowest BCUT2D eigenvalue weighted by Gasteiger charge is -2.42. The first-order valence-corrected chi connectivity index (χ1v) is 10.3. The van der Waals surface area contributed by atoms with Gasteiger partial charge in [-0.15, -0.1) is 11.3 Å². The predicted molar refractivity (Wildman–Crippen MR) is 100.0 cm³/mol. The van der Waals surface area contributed by atoms with Crippen molar-refractivity contribution in [3.05, 3.63) is 40.9 Å². The minimum atomic E-state index is -4.38. The van der Waals surface area contributed by atoms with Gasteiger partial charge < -0.3 is 10.0 Å². The Balaban J connectivity index is 1.50. The second kappa shape index (κ2) is 7.15. The second-order valence-corrected chi connectivity index (χ2v) is 8.57. The highest BCUT2D eigenvalue weighted by Gasteiger charge is 2.45. The maximum atomic E-state index is 12.9. The number of carbonyl (C=O) groups excluding carboxylic acids is 1. The zero-order valence-electron chi connectivity index (χ0n) is 15.2. The fourth-order valence-electron chi connectivity index (χ4n) is 4.40. The van der Waals surface area contributed by atoms with Gasteiger partial charge in [0.1, 0.15) is 10.7 Å². The number of aliphatic hydroxyl groups is 1. The number of likely N-dealkylation sites (tertiary alicyclic amines) is 1. The van der Waals surface area contributed by atoms with Gasteiger partial charge in [0.2, 0.25) is 0 Å². The number of hydrogen-bond acceptors (Lipinski definition) is 4. The van der Waals surface area contributed by atoms with Crippen molar-refractivity contribution in [2.24, 2.45) is 5.41 Å². The van der Waals surface area contributed by atoms with E-state index < -0.39 is 11.7 Å². The number of alkyl halides is 3. The van der Waals surface area contributed by atoms with Crippen LogP contribution in [0.5, 0.6) is 0 Å². The van der Waals surface area contributed by atoms with E-state index in [0.29, 0.717) is 29.4 Å². The van der Waals surface area contributed by atoms with Gasteiger partial charge in [0, 0.05) is 29.4 Å². The van der Waals surface area contributed by atoms with Crippen LogP contribution in [0.4, 0.5) is 13.2 Å². The summed E-state index contributed by atoms with van der Waals surface area (Å²) in [7, 11) is 0. The summed E-state index contributed by atoms with van der Waals surface area (Å²) < 4.78 is 38.1. The minimum Gasteiger partial charge on any atom is -0.392 e. The molecule has 1 aromatic carbocycles. The molecule has 2 heterocycles. The molecule has 28 heavy (non-hydrogen) atoms. The Morgan fingerprint density at radius 3 is 2.57 bits per heavy atom. The van der Waals surface area contributed by atoms with Crippen LogP contribution in [-0.4, -0.2) is 40.1 Å². The molecule has 1 saturated heterocycles. The van der Waals surface area contributed by atoms with E-state index in [9.17, 15) is 23.1 Å². The van der Waals surface area contributed by atoms with Crippen LogP contribution in [0.1, 0.15) is 48.2 Å². The smallest absolute Gasteiger partial charge is 0.392 e. The number of aliphatic hydroxyl groups excluding tert-OH is 1. The van der Waals surface area contributed by atoms with Crippen molar-refractivity contribution in [3.63, 3.8) is 0 Å². The van der Waals surface area contributed by atoms with E-state index in [0.717, 1.165) is 44.2 Å². The topological polar surface area (TPSA) is 53.4 Å². The Kier molecular flexibility index (Phi) is 4.95. The molecule has 0 radical (unpaired) electrons. The van der Waals surface area contributed by atoms with Crippen molar-refractivity contribution >= 4 is 17.2 Å². The van der Waals surface area contributed by atoms with E-state index in [1.54, 1.807) is 10.3 Å². The van der Waals surface area contributed by atoms with Crippen LogP contribution in [-0.2, 0) is 6.18 Å². The van der Waals surface area contributed by atoms with Crippen molar-refractivity contribution in [3.8, 4) is 10.6 Å². The third-order valence-electron chi connectivity index (χ3n) is 5.94. The van der Waals surface area contributed by atoms with Gasteiger partial charge in [0.25, 0.3) is 5.91 Å². The maximum Gasteiger partial charge on any atom is 0.416 e. The Hall–Kier alpha value is -1.93. The summed E-state index contributed by atoms with van der Waals surface area (Å²) in [5.74, 6) is -0.174. The zero-order chi connectivity index (χ0) is 19.9. The molecular formula is C20H21F3N2O2S. The highest BCUT2D eigenvalue weighted by Crippen LogP contribution is 2.45. The van der Waals surface area contributed by atoms with Crippen molar-refractivity contribution in [1.29, 1.82) is 0 Å². The molecule has 2 aliphatic rings. The van der Waals surface area contributed by atoms with E-state index in [4.69, 9.17) is 0 Å². The van der Waals surface area contributed by atoms with Gasteiger partial charge in [-0.25, -0.2) is 4.98 Å². The molecule has 1 amide bonds. The quantitative estimate of drug-likeness (QED) is 0.788. The lowest BCUT2D eigenvalue weighted by Crippen LogP contribution is -2.49. The third kappa shape index (κ3) is 3.55. The van der Waals surface area contributed by atoms with E-state index in [-0.39, 0.29) is 17.4 Å². The number of aromatic nitrogens is 1. The molecule has 1 aliphatic carbocycles. The monoisotopic (exact) mass is 410 g/mol. The molecule has 8 heteroatoms. The van der Waals surface area contributed by atoms with Gasteiger partial charge in [-0.05, 0) is 37.8 Å². The highest BCUT2D eigenvalue weighted by molar-refractivity contribution is 7.13. The van der Waals surface area contributed by atoms with Crippen molar-refractivity contribution in [2.75, 3.05) is 13.1 Å². The molecule has 4 nitrogen and oxygen atoms in total. The first kappa shape index (κ1) is 19.4. The van der Waals surface area contributed by atoms with E-state index in [1.165, 1.54) is 23.5 Å². The Morgan fingerprint density at radius 1 is 1.21 bits per heavy atom. The van der Waals surface area contributed by atoms with Crippen LogP contribution in [0.3, 0.4) is 0 Å². The lowest BCUT2D eigenvalue weighted by atomic mass is 9.76. The summed E-state index contributed by atoms with van der Waals surface area (Å²) in [6.07, 6.45) is -0.232. The lowest BCUT2D eigenvalue weighted by molar-refractivity contribution is -0.137. The van der Waals surface area contributed by atoms with Gasteiger partial charge in [-0.3, -0.25) is 4.79 Å². The number of carbonyl (C=O) groups is 1. The van der Waals surface area contributed by atoms with Crippen LogP contribution >= 0.6 is 11.3 Å². The number of benzene rings is 1. The summed E-state index contributed by atoms with van der Waals surface area (Å²) in [6.45, 7) is 1.18. The van der Waals surface area contributed by atoms with E-state index in [2.05, 4.69) is 4.98 Å². The molecule has 2 atom stereocenters. The molecular weight excluding hydrogens is 389 g/mol. The Morgan fingerprint density at radius 2 is 1.93 bits per heavy atom. The van der Waals surface area contributed by atoms with Gasteiger partial charge in [-0.2, -0.15) is 13.2 Å². The predicted octanol–water partition coefficient (Wildman–Crippen LogP) is 4.60. The molecule has 4 rings (SSSR count). The average molecular weight is 410 g/mol. The maximum absolute atomic E-state index is 12.9. The summed E-state index contributed by atoms with van der Waals surface area (Å²) in [5.41, 5.74) is -0.0409. The highest BCUT2D eigenvalue weighted by atomic mass is 32.1. The third-order valence-corrected chi connectivity index (χ3v) is 6.83. The Bertz CT molecular complexity index is 865. The number of nitrogens with zero attached hydrogens (tertiary/aromatic N) is 2. The summed E-state index contributed by atoms with van der Waals surface area (Å²) >= 11 is 1.24. The molecule has 150 valence electrons. The number of rotatable bonds is 2. The molecule has 1 aromatic heterocycles. The molecule has 1 aliphatic heterocycles. The first-order valence-electron chi connectivity index (χ1n) is 9.39. The van der Waals surface area contributed by atoms with Gasteiger partial charge >= 0.3 is 6.18 Å². The number of thiazole rings is 1. The zero-order valence-corrected chi connectivity index (χ0v) is 16.0. The molecule has 2 fully saturated rings. The SMILES string of the molecule is O=C(c1csc(-c2ccc(C(F)(F)F)cc2)n1)N1CCC[C@@]2(CCC[C@H]2O)C1. The van der Waals surface area contributed by atoms with Crippen LogP contribution in [0.25, 0.3) is 10.6 Å².